The molecule has 0 saturated carbocycles. The van der Waals surface area contributed by atoms with E-state index in [0.29, 0.717) is 18.8 Å². The van der Waals surface area contributed by atoms with Gasteiger partial charge in [0.1, 0.15) is 5.69 Å². The lowest BCUT2D eigenvalue weighted by Gasteiger charge is -2.33. The molecular weight excluding hydrogens is 266 g/mol. The first-order chi connectivity index (χ1) is 10.1. The first-order valence-electron chi connectivity index (χ1n) is 7.23. The third-order valence-corrected chi connectivity index (χ3v) is 4.08. The number of carbonyl (C=O) groups excluding carboxylic acids is 1. The van der Waals surface area contributed by atoms with Gasteiger partial charge in [0.15, 0.2) is 0 Å². The first kappa shape index (κ1) is 13.8. The summed E-state index contributed by atoms with van der Waals surface area (Å²) in [6, 6.07) is 11.5. The van der Waals surface area contributed by atoms with Crippen LogP contribution in [0.1, 0.15) is 23.8 Å². The van der Waals surface area contributed by atoms with E-state index in [2.05, 4.69) is 10.2 Å². The van der Waals surface area contributed by atoms with Crippen LogP contribution in [0.15, 0.2) is 36.4 Å². The quantitative estimate of drug-likeness (QED) is 0.885. The van der Waals surface area contributed by atoms with E-state index in [-0.39, 0.29) is 11.8 Å². The molecule has 2 aromatic rings. The molecule has 2 heterocycles. The van der Waals surface area contributed by atoms with Crippen molar-refractivity contribution in [1.29, 1.82) is 0 Å². The highest BCUT2D eigenvalue weighted by molar-refractivity contribution is 5.93. The third-order valence-electron chi connectivity index (χ3n) is 4.08. The molecule has 5 nitrogen and oxygen atoms in total. The number of aliphatic hydroxyl groups is 1. The second-order valence-corrected chi connectivity index (χ2v) is 5.62. The largest absolute Gasteiger partial charge is 0.391 e. The average molecular weight is 285 g/mol. The number of nitrogens with zero attached hydrogens (tertiary/aromatic N) is 2. The van der Waals surface area contributed by atoms with Gasteiger partial charge in [-0.25, -0.2) is 0 Å². The van der Waals surface area contributed by atoms with Crippen molar-refractivity contribution in [2.24, 2.45) is 5.92 Å². The lowest BCUT2D eigenvalue weighted by molar-refractivity contribution is 0.0245. The van der Waals surface area contributed by atoms with Crippen molar-refractivity contribution in [2.75, 3.05) is 13.1 Å². The third kappa shape index (κ3) is 2.83. The molecule has 1 fully saturated rings. The number of amides is 1. The van der Waals surface area contributed by atoms with Crippen molar-refractivity contribution >= 4 is 5.91 Å². The van der Waals surface area contributed by atoms with Crippen molar-refractivity contribution < 1.29 is 9.90 Å². The number of H-pyrrole nitrogens is 1. The molecule has 2 N–H and O–H groups in total. The zero-order valence-corrected chi connectivity index (χ0v) is 12.0. The van der Waals surface area contributed by atoms with Crippen LogP contribution in [0.5, 0.6) is 0 Å². The van der Waals surface area contributed by atoms with Crippen LogP contribution in [0.4, 0.5) is 0 Å². The van der Waals surface area contributed by atoms with Crippen LogP contribution >= 0.6 is 0 Å². The standard InChI is InChI=1S/C16H19N3O2/c1-11-7-8-19(10-15(11)20)16(21)14-9-13(17-18-14)12-5-3-2-4-6-12/h2-6,9,11,15,20H,7-8,10H2,1H3,(H,17,18). The molecular formula is C16H19N3O2. The van der Waals surface area contributed by atoms with E-state index < -0.39 is 6.10 Å². The predicted octanol–water partition coefficient (Wildman–Crippen LogP) is 1.92. The monoisotopic (exact) mass is 285 g/mol. The highest BCUT2D eigenvalue weighted by Crippen LogP contribution is 2.21. The van der Waals surface area contributed by atoms with Gasteiger partial charge in [-0.1, -0.05) is 37.3 Å². The van der Waals surface area contributed by atoms with Crippen LogP contribution in [0, 0.1) is 5.92 Å². The van der Waals surface area contributed by atoms with E-state index in [0.717, 1.165) is 17.7 Å². The molecule has 5 heteroatoms. The van der Waals surface area contributed by atoms with Crippen LogP contribution in [-0.4, -0.2) is 45.3 Å². The second kappa shape index (κ2) is 5.69. The summed E-state index contributed by atoms with van der Waals surface area (Å²) in [7, 11) is 0. The van der Waals surface area contributed by atoms with Crippen LogP contribution in [0.2, 0.25) is 0 Å². The van der Waals surface area contributed by atoms with Crippen LogP contribution in [0.25, 0.3) is 11.3 Å². The maximum Gasteiger partial charge on any atom is 0.271 e. The van der Waals surface area contributed by atoms with E-state index >= 15 is 0 Å². The van der Waals surface area contributed by atoms with E-state index in [1.165, 1.54) is 0 Å². The number of hydrogen-bond donors (Lipinski definition) is 2. The fourth-order valence-electron chi connectivity index (χ4n) is 2.59. The molecule has 1 aromatic carbocycles. The van der Waals surface area contributed by atoms with Gasteiger partial charge in [-0.3, -0.25) is 9.89 Å². The van der Waals surface area contributed by atoms with Crippen LogP contribution in [0.3, 0.4) is 0 Å². The molecule has 0 spiro atoms. The first-order valence-corrected chi connectivity index (χ1v) is 7.23. The van der Waals surface area contributed by atoms with Gasteiger partial charge in [0, 0.05) is 18.7 Å². The SMILES string of the molecule is CC1CCN(C(=O)c2cc(-c3ccccc3)n[nH]2)CC1O. The Labute approximate surface area is 123 Å². The van der Waals surface area contributed by atoms with E-state index in [1.807, 2.05) is 37.3 Å². The Morgan fingerprint density at radius 3 is 2.86 bits per heavy atom. The summed E-state index contributed by atoms with van der Waals surface area (Å²) in [5, 5.41) is 16.9. The Morgan fingerprint density at radius 2 is 2.14 bits per heavy atom. The number of benzene rings is 1. The Bertz CT molecular complexity index is 623. The molecule has 21 heavy (non-hydrogen) atoms. The number of aliphatic hydroxyl groups excluding tert-OH is 1. The number of nitrogens with one attached hydrogen (secondary N) is 1. The molecule has 3 rings (SSSR count). The summed E-state index contributed by atoms with van der Waals surface area (Å²) < 4.78 is 0. The van der Waals surface area contributed by atoms with Gasteiger partial charge in [-0.2, -0.15) is 5.10 Å². The van der Waals surface area contributed by atoms with E-state index in [1.54, 1.807) is 11.0 Å². The zero-order chi connectivity index (χ0) is 14.8. The van der Waals surface area contributed by atoms with E-state index in [4.69, 9.17) is 0 Å². The molecule has 110 valence electrons. The molecule has 1 aliphatic rings. The summed E-state index contributed by atoms with van der Waals surface area (Å²) in [5.41, 5.74) is 2.19. The molecule has 2 atom stereocenters. The number of carbonyl (C=O) groups is 1. The van der Waals surface area contributed by atoms with Gasteiger partial charge in [0.05, 0.1) is 11.8 Å². The molecule has 1 aromatic heterocycles. The maximum atomic E-state index is 12.4. The molecule has 1 amide bonds. The number of rotatable bonds is 2. The van der Waals surface area contributed by atoms with Gasteiger partial charge in [-0.05, 0) is 18.4 Å². The van der Waals surface area contributed by atoms with Crippen molar-refractivity contribution in [2.45, 2.75) is 19.4 Å². The number of aromatic nitrogens is 2. The predicted molar refractivity (Wildman–Crippen MR) is 79.7 cm³/mol. The topological polar surface area (TPSA) is 69.2 Å². The average Bonchev–Trinajstić information content (AvgIpc) is 3.00. The summed E-state index contributed by atoms with van der Waals surface area (Å²) in [6.07, 6.45) is 0.381. The number of β-amino-alcohol motifs (C(OH)–C–C–N with tert-alkyl or cyclic N) is 1. The smallest absolute Gasteiger partial charge is 0.271 e. The number of aromatic amines is 1. The minimum atomic E-state index is -0.445. The van der Waals surface area contributed by atoms with Gasteiger partial charge in [0.2, 0.25) is 0 Å². The molecule has 0 radical (unpaired) electrons. The molecule has 0 aliphatic carbocycles. The molecule has 0 bridgehead atoms. The highest BCUT2D eigenvalue weighted by Gasteiger charge is 2.28. The van der Waals surface area contributed by atoms with Gasteiger partial charge in [-0.15, -0.1) is 0 Å². The highest BCUT2D eigenvalue weighted by atomic mass is 16.3. The Kier molecular flexibility index (Phi) is 3.75. The second-order valence-electron chi connectivity index (χ2n) is 5.62. The lowest BCUT2D eigenvalue weighted by Crippen LogP contribution is -2.45. The number of likely N-dealkylation sites (tertiary alicyclic amines) is 1. The lowest BCUT2D eigenvalue weighted by atomic mass is 9.96. The summed E-state index contributed by atoms with van der Waals surface area (Å²) in [4.78, 5) is 14.1. The molecule has 1 saturated heterocycles. The van der Waals surface area contributed by atoms with E-state index in [9.17, 15) is 9.90 Å². The maximum absolute atomic E-state index is 12.4. The number of piperidine rings is 1. The Morgan fingerprint density at radius 1 is 1.38 bits per heavy atom. The fraction of sp³-hybridized carbons (Fsp3) is 0.375. The van der Waals surface area contributed by atoms with Gasteiger partial charge < -0.3 is 10.0 Å². The van der Waals surface area contributed by atoms with Crippen LogP contribution < -0.4 is 0 Å². The van der Waals surface area contributed by atoms with Crippen molar-refractivity contribution in [3.05, 3.63) is 42.1 Å². The Balaban J connectivity index is 1.76. The minimum Gasteiger partial charge on any atom is -0.391 e. The molecule has 1 aliphatic heterocycles. The van der Waals surface area contributed by atoms with Gasteiger partial charge in [0.25, 0.3) is 5.91 Å². The van der Waals surface area contributed by atoms with Crippen molar-refractivity contribution in [3.63, 3.8) is 0 Å². The summed E-state index contributed by atoms with van der Waals surface area (Å²) in [6.45, 7) is 3.08. The summed E-state index contributed by atoms with van der Waals surface area (Å²) in [5.74, 6) is 0.145. The van der Waals surface area contributed by atoms with Crippen molar-refractivity contribution in [1.82, 2.24) is 15.1 Å². The fourth-order valence-corrected chi connectivity index (χ4v) is 2.59. The van der Waals surface area contributed by atoms with Crippen molar-refractivity contribution in [3.8, 4) is 11.3 Å². The Hall–Kier alpha value is -2.14. The normalized spacial score (nSPS) is 22.3. The summed E-state index contributed by atoms with van der Waals surface area (Å²) >= 11 is 0. The zero-order valence-electron chi connectivity index (χ0n) is 12.0. The van der Waals surface area contributed by atoms with Gasteiger partial charge >= 0.3 is 0 Å². The molecule has 2 unspecified atom stereocenters. The number of hydrogen-bond acceptors (Lipinski definition) is 3. The van der Waals surface area contributed by atoms with Crippen LogP contribution in [-0.2, 0) is 0 Å². The minimum absolute atomic E-state index is 0.101.